The molecule has 0 aliphatic carbocycles. The zero-order valence-corrected chi connectivity index (χ0v) is 7.50. The standard InChI is InChI=1S/C9H10N4O/c1-11-12-7-13(10)9-5-3-2-4-8(9)6-14/h2-7H,1,10H2/b12-7-. The Hall–Kier alpha value is -2.01. The second kappa shape index (κ2) is 4.88. The molecule has 1 rings (SSSR count). The fourth-order valence-electron chi connectivity index (χ4n) is 0.977. The summed E-state index contributed by atoms with van der Waals surface area (Å²) in [5.74, 6) is 5.59. The van der Waals surface area contributed by atoms with Gasteiger partial charge in [-0.25, -0.2) is 5.84 Å². The van der Waals surface area contributed by atoms with Crippen molar-refractivity contribution in [2.45, 2.75) is 0 Å². The van der Waals surface area contributed by atoms with Gasteiger partial charge in [-0.1, -0.05) is 12.1 Å². The number of benzene rings is 1. The van der Waals surface area contributed by atoms with Crippen molar-refractivity contribution >= 4 is 25.0 Å². The first kappa shape index (κ1) is 10.1. The third-order valence-corrected chi connectivity index (χ3v) is 1.60. The molecule has 0 spiro atoms. The number of para-hydroxylation sites is 1. The first-order chi connectivity index (χ1) is 6.79. The number of hydrogen-bond donors (Lipinski definition) is 1. The lowest BCUT2D eigenvalue weighted by atomic mass is 10.2. The van der Waals surface area contributed by atoms with E-state index in [1.54, 1.807) is 24.3 Å². The van der Waals surface area contributed by atoms with E-state index in [-0.39, 0.29) is 0 Å². The van der Waals surface area contributed by atoms with E-state index in [2.05, 4.69) is 16.9 Å². The molecule has 0 saturated carbocycles. The second-order valence-electron chi connectivity index (χ2n) is 2.46. The van der Waals surface area contributed by atoms with Crippen LogP contribution < -0.4 is 10.9 Å². The Morgan fingerprint density at radius 3 is 2.79 bits per heavy atom. The maximum Gasteiger partial charge on any atom is 0.152 e. The Morgan fingerprint density at radius 1 is 1.43 bits per heavy atom. The summed E-state index contributed by atoms with van der Waals surface area (Å²) in [4.78, 5) is 10.6. The molecule has 0 aromatic heterocycles. The van der Waals surface area contributed by atoms with Crippen LogP contribution >= 0.6 is 0 Å². The number of aldehydes is 1. The minimum absolute atomic E-state index is 0.491. The van der Waals surface area contributed by atoms with E-state index in [1.165, 1.54) is 11.3 Å². The predicted octanol–water partition coefficient (Wildman–Crippen LogP) is 0.823. The highest BCUT2D eigenvalue weighted by molar-refractivity contribution is 5.90. The summed E-state index contributed by atoms with van der Waals surface area (Å²) in [6, 6.07) is 6.90. The molecule has 0 saturated heterocycles. The van der Waals surface area contributed by atoms with Gasteiger partial charge in [0.25, 0.3) is 0 Å². The van der Waals surface area contributed by atoms with E-state index >= 15 is 0 Å². The van der Waals surface area contributed by atoms with Gasteiger partial charge in [-0.15, -0.1) is 5.10 Å². The van der Waals surface area contributed by atoms with Gasteiger partial charge >= 0.3 is 0 Å². The van der Waals surface area contributed by atoms with Crippen LogP contribution in [0, 0.1) is 0 Å². The molecular weight excluding hydrogens is 180 g/mol. The Bertz CT molecular complexity index is 362. The lowest BCUT2D eigenvalue weighted by molar-refractivity contribution is 0.112. The second-order valence-corrected chi connectivity index (χ2v) is 2.46. The van der Waals surface area contributed by atoms with Crippen LogP contribution in [0.3, 0.4) is 0 Å². The normalized spacial score (nSPS) is 10.1. The number of hydrazine groups is 1. The van der Waals surface area contributed by atoms with Gasteiger partial charge in [0.2, 0.25) is 0 Å². The highest BCUT2D eigenvalue weighted by Crippen LogP contribution is 2.14. The van der Waals surface area contributed by atoms with Crippen LogP contribution in [-0.4, -0.2) is 19.3 Å². The largest absolute Gasteiger partial charge is 0.298 e. The Morgan fingerprint density at radius 2 is 2.14 bits per heavy atom. The molecule has 0 radical (unpaired) electrons. The van der Waals surface area contributed by atoms with E-state index in [9.17, 15) is 4.79 Å². The van der Waals surface area contributed by atoms with E-state index in [4.69, 9.17) is 5.84 Å². The quantitative estimate of drug-likeness (QED) is 0.251. The maximum absolute atomic E-state index is 10.6. The summed E-state index contributed by atoms with van der Waals surface area (Å²) in [6.07, 6.45) is 2.00. The van der Waals surface area contributed by atoms with Crippen LogP contribution in [0.1, 0.15) is 10.4 Å². The lowest BCUT2D eigenvalue weighted by Crippen LogP contribution is -2.29. The predicted molar refractivity (Wildman–Crippen MR) is 56.5 cm³/mol. The highest BCUT2D eigenvalue weighted by Gasteiger charge is 2.03. The van der Waals surface area contributed by atoms with Gasteiger partial charge in [0.05, 0.1) is 5.69 Å². The van der Waals surface area contributed by atoms with Crippen LogP contribution in [0.15, 0.2) is 34.5 Å². The number of nitrogens with two attached hydrogens (primary N) is 1. The Labute approximate surface area is 81.5 Å². The fourth-order valence-corrected chi connectivity index (χ4v) is 0.977. The highest BCUT2D eigenvalue weighted by atomic mass is 16.1. The lowest BCUT2D eigenvalue weighted by Gasteiger charge is -2.13. The van der Waals surface area contributed by atoms with Gasteiger partial charge in [0, 0.05) is 12.3 Å². The van der Waals surface area contributed by atoms with Gasteiger partial charge < -0.3 is 0 Å². The zero-order chi connectivity index (χ0) is 10.4. The number of rotatable bonds is 4. The third-order valence-electron chi connectivity index (χ3n) is 1.60. The van der Waals surface area contributed by atoms with Crippen molar-refractivity contribution in [1.29, 1.82) is 0 Å². The van der Waals surface area contributed by atoms with E-state index in [0.29, 0.717) is 11.3 Å². The van der Waals surface area contributed by atoms with Gasteiger partial charge in [-0.2, -0.15) is 5.10 Å². The molecule has 0 amide bonds. The minimum Gasteiger partial charge on any atom is -0.298 e. The summed E-state index contributed by atoms with van der Waals surface area (Å²) in [5, 5.41) is 7.97. The Balaban J connectivity index is 2.98. The van der Waals surface area contributed by atoms with Crippen molar-refractivity contribution in [1.82, 2.24) is 0 Å². The van der Waals surface area contributed by atoms with E-state index < -0.39 is 0 Å². The summed E-state index contributed by atoms with van der Waals surface area (Å²) in [7, 11) is 0. The van der Waals surface area contributed by atoms with E-state index in [0.717, 1.165) is 6.29 Å². The topological polar surface area (TPSA) is 71.1 Å². The first-order valence-electron chi connectivity index (χ1n) is 3.87. The molecule has 0 bridgehead atoms. The van der Waals surface area contributed by atoms with Crippen LogP contribution in [0.2, 0.25) is 0 Å². The van der Waals surface area contributed by atoms with Gasteiger partial charge in [-0.05, 0) is 12.1 Å². The molecule has 14 heavy (non-hydrogen) atoms. The molecule has 1 aromatic rings. The summed E-state index contributed by atoms with van der Waals surface area (Å²) >= 11 is 0. The number of anilines is 1. The maximum atomic E-state index is 10.6. The van der Waals surface area contributed by atoms with Crippen LogP contribution in [0.4, 0.5) is 5.69 Å². The van der Waals surface area contributed by atoms with Crippen molar-refractivity contribution in [3.63, 3.8) is 0 Å². The number of hydrogen-bond acceptors (Lipinski definition) is 4. The summed E-state index contributed by atoms with van der Waals surface area (Å²) < 4.78 is 0. The first-order valence-corrected chi connectivity index (χ1v) is 3.87. The molecule has 0 atom stereocenters. The Kier molecular flexibility index (Phi) is 3.51. The van der Waals surface area contributed by atoms with Crippen LogP contribution in [0.5, 0.6) is 0 Å². The van der Waals surface area contributed by atoms with Crippen molar-refractivity contribution in [3.05, 3.63) is 29.8 Å². The molecule has 0 aliphatic rings. The van der Waals surface area contributed by atoms with Gasteiger partial charge in [0.15, 0.2) is 6.29 Å². The molecule has 0 unspecified atom stereocenters. The molecule has 2 N–H and O–H groups in total. The molecule has 0 heterocycles. The van der Waals surface area contributed by atoms with Crippen molar-refractivity contribution in [2.24, 2.45) is 16.0 Å². The summed E-state index contributed by atoms with van der Waals surface area (Å²) in [5.41, 5.74) is 1.06. The van der Waals surface area contributed by atoms with Crippen LogP contribution in [0.25, 0.3) is 0 Å². The molecule has 5 nitrogen and oxygen atoms in total. The van der Waals surface area contributed by atoms with Gasteiger partial charge in [-0.3, -0.25) is 9.80 Å². The number of nitrogens with zero attached hydrogens (tertiary/aromatic N) is 3. The van der Waals surface area contributed by atoms with Crippen molar-refractivity contribution in [3.8, 4) is 0 Å². The molecule has 5 heteroatoms. The smallest absolute Gasteiger partial charge is 0.152 e. The average Bonchev–Trinajstić information content (AvgIpc) is 2.25. The van der Waals surface area contributed by atoms with E-state index in [1.807, 2.05) is 0 Å². The molecular formula is C9H10N4O. The fraction of sp³-hybridized carbons (Fsp3) is 0. The molecule has 1 aromatic carbocycles. The number of carbonyl (C=O) groups is 1. The average molecular weight is 190 g/mol. The molecule has 0 fully saturated rings. The van der Waals surface area contributed by atoms with Crippen molar-refractivity contribution in [2.75, 3.05) is 5.01 Å². The molecule has 72 valence electrons. The van der Waals surface area contributed by atoms with Gasteiger partial charge in [0.1, 0.15) is 6.34 Å². The van der Waals surface area contributed by atoms with Crippen molar-refractivity contribution < 1.29 is 4.79 Å². The SMILES string of the molecule is C=N/N=C\N(N)c1ccccc1C=O. The molecule has 0 aliphatic heterocycles. The number of carbonyl (C=O) groups excluding carboxylic acids is 1. The van der Waals surface area contributed by atoms with Crippen LogP contribution in [-0.2, 0) is 0 Å². The monoisotopic (exact) mass is 190 g/mol. The summed E-state index contributed by atoms with van der Waals surface area (Å²) in [6.45, 7) is 3.17. The minimum atomic E-state index is 0.491. The zero-order valence-electron chi connectivity index (χ0n) is 7.50. The third kappa shape index (κ3) is 2.24.